The van der Waals surface area contributed by atoms with Crippen LogP contribution in [0.15, 0.2) is 56.8 Å². The fourth-order valence-corrected chi connectivity index (χ4v) is 4.76. The average molecular weight is 546 g/mol. The molecule has 31 heavy (non-hydrogen) atoms. The highest BCUT2D eigenvalue weighted by Crippen LogP contribution is 2.51. The second kappa shape index (κ2) is 8.65. The highest BCUT2D eigenvalue weighted by molar-refractivity contribution is 9.13. The van der Waals surface area contributed by atoms with Gasteiger partial charge in [-0.3, -0.25) is 5.10 Å². The summed E-state index contributed by atoms with van der Waals surface area (Å²) in [7, 11) is 1.57. The molecule has 9 heteroatoms. The molecule has 1 aliphatic rings. The van der Waals surface area contributed by atoms with E-state index in [1.54, 1.807) is 7.11 Å². The Labute approximate surface area is 196 Å². The van der Waals surface area contributed by atoms with E-state index in [0.29, 0.717) is 32.9 Å². The third-order valence-electron chi connectivity index (χ3n) is 4.97. The number of nitrogens with zero attached hydrogens (tertiary/aromatic N) is 2. The van der Waals surface area contributed by atoms with E-state index in [9.17, 15) is 5.26 Å². The zero-order valence-corrected chi connectivity index (χ0v) is 19.9. The van der Waals surface area contributed by atoms with Gasteiger partial charge in [0.25, 0.3) is 0 Å². The molecule has 0 spiro atoms. The predicted molar refractivity (Wildman–Crippen MR) is 123 cm³/mol. The Morgan fingerprint density at radius 1 is 1.26 bits per heavy atom. The van der Waals surface area contributed by atoms with Crippen molar-refractivity contribution in [1.82, 2.24) is 10.2 Å². The molecular weight excluding hydrogens is 528 g/mol. The van der Waals surface area contributed by atoms with Gasteiger partial charge in [0.05, 0.1) is 35.4 Å². The van der Waals surface area contributed by atoms with Crippen molar-refractivity contribution >= 4 is 31.9 Å². The maximum atomic E-state index is 9.97. The van der Waals surface area contributed by atoms with Gasteiger partial charge in [0.2, 0.25) is 11.8 Å². The van der Waals surface area contributed by atoms with E-state index in [4.69, 9.17) is 19.9 Å². The van der Waals surface area contributed by atoms with Crippen molar-refractivity contribution in [2.45, 2.75) is 12.8 Å². The van der Waals surface area contributed by atoms with Crippen LogP contribution in [0.4, 0.5) is 0 Å². The SMILES string of the molecule is CCOc1cc([C@H]2C(C#N)=C(N)Oc3n[nH]c(-c4ccccc4)c32)c(Br)c(Br)c1OC. The van der Waals surface area contributed by atoms with Crippen LogP contribution in [0.25, 0.3) is 11.3 Å². The van der Waals surface area contributed by atoms with Crippen LogP contribution >= 0.6 is 31.9 Å². The lowest BCUT2D eigenvalue weighted by Gasteiger charge is -2.26. The molecule has 1 aliphatic heterocycles. The minimum atomic E-state index is -0.543. The van der Waals surface area contributed by atoms with Gasteiger partial charge in [-0.2, -0.15) is 5.26 Å². The number of rotatable bonds is 5. The Hall–Kier alpha value is -2.96. The van der Waals surface area contributed by atoms with E-state index in [0.717, 1.165) is 22.4 Å². The van der Waals surface area contributed by atoms with E-state index in [-0.39, 0.29) is 11.5 Å². The van der Waals surface area contributed by atoms with Gasteiger partial charge in [0.15, 0.2) is 11.5 Å². The van der Waals surface area contributed by atoms with Crippen molar-refractivity contribution in [2.24, 2.45) is 5.73 Å². The van der Waals surface area contributed by atoms with Crippen LogP contribution in [0.2, 0.25) is 0 Å². The number of ether oxygens (including phenoxy) is 3. The second-order valence-electron chi connectivity index (χ2n) is 6.67. The van der Waals surface area contributed by atoms with Gasteiger partial charge >= 0.3 is 0 Å². The lowest BCUT2D eigenvalue weighted by Crippen LogP contribution is -2.21. The lowest BCUT2D eigenvalue weighted by molar-refractivity contribution is 0.309. The summed E-state index contributed by atoms with van der Waals surface area (Å²) in [6.07, 6.45) is 0. The number of allylic oxidation sites excluding steroid dienone is 1. The monoisotopic (exact) mass is 544 g/mol. The summed E-state index contributed by atoms with van der Waals surface area (Å²) in [6, 6.07) is 13.8. The third kappa shape index (κ3) is 3.56. The van der Waals surface area contributed by atoms with E-state index in [2.05, 4.69) is 48.1 Å². The second-order valence-corrected chi connectivity index (χ2v) is 8.25. The number of aromatic amines is 1. The molecule has 7 nitrogen and oxygen atoms in total. The number of hydrogen-bond donors (Lipinski definition) is 2. The summed E-state index contributed by atoms with van der Waals surface area (Å²) in [5.41, 5.74) is 9.55. The normalized spacial score (nSPS) is 15.1. The molecule has 0 radical (unpaired) electrons. The first kappa shape index (κ1) is 21.3. The molecule has 2 aromatic carbocycles. The van der Waals surface area contributed by atoms with Gasteiger partial charge in [0, 0.05) is 4.47 Å². The van der Waals surface area contributed by atoms with Crippen LogP contribution in [-0.4, -0.2) is 23.9 Å². The molecule has 0 amide bonds. The summed E-state index contributed by atoms with van der Waals surface area (Å²) in [5.74, 6) is 0.901. The molecular formula is C22H18Br2N4O3. The van der Waals surface area contributed by atoms with Crippen LogP contribution in [0.3, 0.4) is 0 Å². The number of benzene rings is 2. The smallest absolute Gasteiger partial charge is 0.244 e. The Balaban J connectivity index is 2.01. The number of hydrogen-bond acceptors (Lipinski definition) is 6. The standard InChI is InChI=1S/C22H18Br2N4O3/c1-3-30-14-9-12(17(23)18(24)20(14)29-2)15-13(10-25)21(26)31-22-16(15)19(27-28-22)11-7-5-4-6-8-11/h4-9,15H,3,26H2,1-2H3,(H,27,28)/t15-/m0/s1. The number of H-pyrrole nitrogens is 1. The van der Waals surface area contributed by atoms with Crippen molar-refractivity contribution < 1.29 is 14.2 Å². The highest BCUT2D eigenvalue weighted by Gasteiger charge is 2.38. The molecule has 0 unspecified atom stereocenters. The number of methoxy groups -OCH3 is 1. The Morgan fingerprint density at radius 2 is 2.00 bits per heavy atom. The number of aromatic nitrogens is 2. The molecule has 0 aliphatic carbocycles. The van der Waals surface area contributed by atoms with E-state index in [1.165, 1.54) is 0 Å². The summed E-state index contributed by atoms with van der Waals surface area (Å²) < 4.78 is 18.4. The summed E-state index contributed by atoms with van der Waals surface area (Å²) in [4.78, 5) is 0. The Morgan fingerprint density at radius 3 is 2.65 bits per heavy atom. The fraction of sp³-hybridized carbons (Fsp3) is 0.182. The largest absolute Gasteiger partial charge is 0.492 e. The summed E-state index contributed by atoms with van der Waals surface area (Å²) >= 11 is 7.26. The van der Waals surface area contributed by atoms with Gasteiger partial charge < -0.3 is 19.9 Å². The van der Waals surface area contributed by atoms with Gasteiger partial charge in [0.1, 0.15) is 11.6 Å². The molecule has 0 saturated carbocycles. The van der Waals surface area contributed by atoms with Crippen molar-refractivity contribution in [3.63, 3.8) is 0 Å². The van der Waals surface area contributed by atoms with Crippen molar-refractivity contribution in [1.29, 1.82) is 5.26 Å². The maximum absolute atomic E-state index is 9.97. The summed E-state index contributed by atoms with van der Waals surface area (Å²) in [6.45, 7) is 2.34. The third-order valence-corrected chi connectivity index (χ3v) is 7.12. The van der Waals surface area contributed by atoms with E-state index >= 15 is 0 Å². The molecule has 158 valence electrons. The highest BCUT2D eigenvalue weighted by atomic mass is 79.9. The van der Waals surface area contributed by atoms with Crippen LogP contribution in [-0.2, 0) is 0 Å². The van der Waals surface area contributed by atoms with E-state index < -0.39 is 5.92 Å². The summed E-state index contributed by atoms with van der Waals surface area (Å²) in [5, 5.41) is 17.3. The Bertz CT molecular complexity index is 1220. The van der Waals surface area contributed by atoms with Crippen LogP contribution in [0.1, 0.15) is 24.0 Å². The number of nitrogens with one attached hydrogen (secondary N) is 1. The minimum absolute atomic E-state index is 0.0166. The van der Waals surface area contributed by atoms with Gasteiger partial charge in [-0.05, 0) is 56.0 Å². The van der Waals surface area contributed by atoms with Crippen molar-refractivity contribution in [3.8, 4) is 34.7 Å². The van der Waals surface area contributed by atoms with Crippen molar-refractivity contribution in [2.75, 3.05) is 13.7 Å². The molecule has 0 fully saturated rings. The topological polar surface area (TPSA) is 106 Å². The number of nitrogens with two attached hydrogens (primary N) is 1. The van der Waals surface area contributed by atoms with E-state index in [1.807, 2.05) is 43.3 Å². The Kier molecular flexibility index (Phi) is 5.94. The first-order valence-corrected chi connectivity index (χ1v) is 11.0. The average Bonchev–Trinajstić information content (AvgIpc) is 3.19. The zero-order chi connectivity index (χ0) is 22.1. The minimum Gasteiger partial charge on any atom is -0.492 e. The number of halogens is 2. The molecule has 1 aromatic heterocycles. The van der Waals surface area contributed by atoms with Crippen molar-refractivity contribution in [3.05, 3.63) is 67.9 Å². The first-order chi connectivity index (χ1) is 15.0. The number of nitriles is 1. The van der Waals surface area contributed by atoms with Gasteiger partial charge in [-0.15, -0.1) is 5.10 Å². The lowest BCUT2D eigenvalue weighted by atomic mass is 9.83. The molecule has 2 heterocycles. The number of fused-ring (bicyclic) bond motifs is 1. The molecule has 0 saturated heterocycles. The fourth-order valence-electron chi connectivity index (χ4n) is 3.65. The molecule has 3 N–H and O–H groups in total. The quantitative estimate of drug-likeness (QED) is 0.455. The molecule has 3 aromatic rings. The van der Waals surface area contributed by atoms with Crippen LogP contribution in [0.5, 0.6) is 17.4 Å². The molecule has 4 rings (SSSR count). The van der Waals surface area contributed by atoms with Gasteiger partial charge in [-0.25, -0.2) is 0 Å². The van der Waals surface area contributed by atoms with Crippen LogP contribution < -0.4 is 19.9 Å². The molecule has 0 bridgehead atoms. The zero-order valence-electron chi connectivity index (χ0n) is 16.7. The molecule has 1 atom stereocenters. The maximum Gasteiger partial charge on any atom is 0.244 e. The first-order valence-electron chi connectivity index (χ1n) is 9.41. The van der Waals surface area contributed by atoms with Crippen LogP contribution in [0, 0.1) is 11.3 Å². The predicted octanol–water partition coefficient (Wildman–Crippen LogP) is 5.23. The van der Waals surface area contributed by atoms with Gasteiger partial charge in [-0.1, -0.05) is 30.3 Å².